The van der Waals surface area contributed by atoms with E-state index >= 15 is 0 Å². The number of rotatable bonds is 7. The number of carbonyl (C=O) groups is 1. The molecule has 0 heterocycles. The number of hydrogen-bond acceptors (Lipinski definition) is 3. The molecule has 2 rings (SSSR count). The molecule has 0 spiro atoms. The van der Waals surface area contributed by atoms with Gasteiger partial charge < -0.3 is 14.6 Å². The molecule has 0 saturated heterocycles. The zero-order valence-electron chi connectivity index (χ0n) is 11.3. The van der Waals surface area contributed by atoms with Crippen molar-refractivity contribution in [1.82, 2.24) is 0 Å². The molecule has 2 aromatic rings. The Balaban J connectivity index is 1.71. The number of halogens is 1. The molecule has 0 unspecified atom stereocenters. The van der Waals surface area contributed by atoms with Crippen LogP contribution >= 0.6 is 15.9 Å². The van der Waals surface area contributed by atoms with Gasteiger partial charge in [0.25, 0.3) is 0 Å². The summed E-state index contributed by atoms with van der Waals surface area (Å²) < 4.78 is 12.0. The van der Waals surface area contributed by atoms with Gasteiger partial charge >= 0.3 is 5.97 Å². The molecule has 2 aromatic carbocycles. The van der Waals surface area contributed by atoms with Crippen molar-refractivity contribution in [3.63, 3.8) is 0 Å². The van der Waals surface area contributed by atoms with Crippen LogP contribution in [0.5, 0.6) is 5.75 Å². The van der Waals surface area contributed by atoms with Crippen LogP contribution in [0.2, 0.25) is 0 Å². The lowest BCUT2D eigenvalue weighted by Crippen LogP contribution is -2.07. The van der Waals surface area contributed by atoms with Gasteiger partial charge in [-0.3, -0.25) is 0 Å². The first-order valence-corrected chi connectivity index (χ1v) is 7.23. The van der Waals surface area contributed by atoms with Gasteiger partial charge in [0.05, 0.1) is 18.8 Å². The molecule has 110 valence electrons. The Morgan fingerprint density at radius 3 is 2.57 bits per heavy atom. The van der Waals surface area contributed by atoms with Gasteiger partial charge in [0.15, 0.2) is 0 Å². The predicted octanol–water partition coefficient (Wildman–Crippen LogP) is 3.74. The summed E-state index contributed by atoms with van der Waals surface area (Å²) in [6, 6.07) is 14.3. The van der Waals surface area contributed by atoms with Crippen molar-refractivity contribution in [3.05, 3.63) is 64.1 Å². The topological polar surface area (TPSA) is 55.8 Å². The second-order valence-corrected chi connectivity index (χ2v) is 5.28. The molecule has 21 heavy (non-hydrogen) atoms. The van der Waals surface area contributed by atoms with Crippen LogP contribution in [0.25, 0.3) is 0 Å². The van der Waals surface area contributed by atoms with Crippen molar-refractivity contribution in [2.75, 3.05) is 13.2 Å². The molecule has 0 aliphatic carbocycles. The van der Waals surface area contributed by atoms with Gasteiger partial charge in [0.2, 0.25) is 0 Å². The number of hydrogen-bond donors (Lipinski definition) is 1. The summed E-state index contributed by atoms with van der Waals surface area (Å²) in [6.07, 6.45) is 0. The first kappa shape index (κ1) is 15.5. The average molecular weight is 351 g/mol. The standard InChI is InChI=1S/C16H15BrO4/c17-14-6-4-12(5-7-14)11-20-8-9-21-15-3-1-2-13(10-15)16(18)19/h1-7,10H,8-9,11H2,(H,18,19). The highest BCUT2D eigenvalue weighted by Gasteiger charge is 2.03. The minimum atomic E-state index is -0.966. The highest BCUT2D eigenvalue weighted by molar-refractivity contribution is 9.10. The number of ether oxygens (including phenoxy) is 2. The van der Waals surface area contributed by atoms with E-state index in [9.17, 15) is 4.79 Å². The van der Waals surface area contributed by atoms with Gasteiger partial charge in [0.1, 0.15) is 12.4 Å². The molecule has 0 aromatic heterocycles. The maximum Gasteiger partial charge on any atom is 0.335 e. The van der Waals surface area contributed by atoms with Crippen LogP contribution in [0.4, 0.5) is 0 Å². The molecule has 0 aliphatic rings. The van der Waals surface area contributed by atoms with Crippen molar-refractivity contribution in [2.24, 2.45) is 0 Å². The smallest absolute Gasteiger partial charge is 0.335 e. The van der Waals surface area contributed by atoms with Gasteiger partial charge in [-0.2, -0.15) is 0 Å². The lowest BCUT2D eigenvalue weighted by Gasteiger charge is -2.08. The van der Waals surface area contributed by atoms with Crippen LogP contribution in [-0.4, -0.2) is 24.3 Å². The maximum atomic E-state index is 10.8. The SMILES string of the molecule is O=C(O)c1cccc(OCCOCc2ccc(Br)cc2)c1. The van der Waals surface area contributed by atoms with E-state index in [1.165, 1.54) is 12.1 Å². The van der Waals surface area contributed by atoms with E-state index in [-0.39, 0.29) is 5.56 Å². The second-order valence-electron chi connectivity index (χ2n) is 4.36. The maximum absolute atomic E-state index is 10.8. The van der Waals surface area contributed by atoms with Crippen molar-refractivity contribution in [3.8, 4) is 5.75 Å². The van der Waals surface area contributed by atoms with E-state index < -0.39 is 5.97 Å². The summed E-state index contributed by atoms with van der Waals surface area (Å²) >= 11 is 3.38. The lowest BCUT2D eigenvalue weighted by molar-refractivity contribution is 0.0695. The third-order valence-corrected chi connectivity index (χ3v) is 3.29. The molecule has 0 bridgehead atoms. The minimum Gasteiger partial charge on any atom is -0.491 e. The third-order valence-electron chi connectivity index (χ3n) is 2.76. The fourth-order valence-electron chi connectivity index (χ4n) is 1.71. The highest BCUT2D eigenvalue weighted by Crippen LogP contribution is 2.13. The second kappa shape index (κ2) is 7.81. The monoisotopic (exact) mass is 350 g/mol. The Morgan fingerprint density at radius 2 is 1.86 bits per heavy atom. The van der Waals surface area contributed by atoms with Gasteiger partial charge in [-0.15, -0.1) is 0 Å². The molecule has 0 aliphatic heterocycles. The van der Waals surface area contributed by atoms with Crippen LogP contribution in [0.3, 0.4) is 0 Å². The normalized spacial score (nSPS) is 10.3. The van der Waals surface area contributed by atoms with Crippen LogP contribution in [-0.2, 0) is 11.3 Å². The van der Waals surface area contributed by atoms with Gasteiger partial charge in [-0.25, -0.2) is 4.79 Å². The molecule has 0 amide bonds. The first-order valence-electron chi connectivity index (χ1n) is 6.43. The summed E-state index contributed by atoms with van der Waals surface area (Å²) in [5.41, 5.74) is 1.30. The predicted molar refractivity (Wildman–Crippen MR) is 82.7 cm³/mol. The summed E-state index contributed by atoms with van der Waals surface area (Å²) in [5, 5.41) is 8.88. The van der Waals surface area contributed by atoms with Crippen molar-refractivity contribution in [2.45, 2.75) is 6.61 Å². The average Bonchev–Trinajstić information content (AvgIpc) is 2.49. The number of carboxylic acid groups (broad SMARTS) is 1. The van der Waals surface area contributed by atoms with E-state index in [0.29, 0.717) is 25.6 Å². The molecule has 0 fully saturated rings. The van der Waals surface area contributed by atoms with E-state index in [1.807, 2.05) is 24.3 Å². The molecule has 0 atom stereocenters. The summed E-state index contributed by atoms with van der Waals surface area (Å²) in [4.78, 5) is 10.8. The zero-order chi connectivity index (χ0) is 15.1. The third kappa shape index (κ3) is 5.21. The summed E-state index contributed by atoms with van der Waals surface area (Å²) in [5.74, 6) is -0.436. The number of carboxylic acids is 1. The first-order chi connectivity index (χ1) is 10.1. The van der Waals surface area contributed by atoms with Crippen LogP contribution in [0.15, 0.2) is 53.0 Å². The quantitative estimate of drug-likeness (QED) is 0.772. The Bertz CT molecular complexity index is 595. The van der Waals surface area contributed by atoms with E-state index in [2.05, 4.69) is 15.9 Å². The van der Waals surface area contributed by atoms with Crippen LogP contribution in [0, 0.1) is 0 Å². The Hall–Kier alpha value is -1.85. The van der Waals surface area contributed by atoms with Crippen molar-refractivity contribution in [1.29, 1.82) is 0 Å². The van der Waals surface area contributed by atoms with Gasteiger partial charge in [0, 0.05) is 4.47 Å². The van der Waals surface area contributed by atoms with Crippen LogP contribution < -0.4 is 4.74 Å². The Morgan fingerprint density at radius 1 is 1.10 bits per heavy atom. The Kier molecular flexibility index (Phi) is 5.78. The molecule has 1 N–H and O–H groups in total. The summed E-state index contributed by atoms with van der Waals surface area (Å²) in [6.45, 7) is 1.33. The van der Waals surface area contributed by atoms with Gasteiger partial charge in [-0.05, 0) is 35.9 Å². The van der Waals surface area contributed by atoms with Crippen molar-refractivity contribution >= 4 is 21.9 Å². The molecular formula is C16H15BrO4. The van der Waals surface area contributed by atoms with Gasteiger partial charge in [-0.1, -0.05) is 34.1 Å². The van der Waals surface area contributed by atoms with Crippen molar-refractivity contribution < 1.29 is 19.4 Å². The number of aromatic carboxylic acids is 1. The Labute approximate surface area is 131 Å². The molecule has 0 radical (unpaired) electrons. The fourth-order valence-corrected chi connectivity index (χ4v) is 1.97. The van der Waals surface area contributed by atoms with E-state index in [4.69, 9.17) is 14.6 Å². The van der Waals surface area contributed by atoms with E-state index in [1.54, 1.807) is 12.1 Å². The zero-order valence-corrected chi connectivity index (χ0v) is 12.9. The van der Waals surface area contributed by atoms with Crippen LogP contribution in [0.1, 0.15) is 15.9 Å². The molecule has 4 nitrogen and oxygen atoms in total. The fraction of sp³-hybridized carbons (Fsp3) is 0.188. The van der Waals surface area contributed by atoms with E-state index in [0.717, 1.165) is 10.0 Å². The highest BCUT2D eigenvalue weighted by atomic mass is 79.9. The number of benzene rings is 2. The molecule has 0 saturated carbocycles. The lowest BCUT2D eigenvalue weighted by atomic mass is 10.2. The largest absolute Gasteiger partial charge is 0.491 e. The molecular weight excluding hydrogens is 336 g/mol. The molecule has 5 heteroatoms. The summed E-state index contributed by atoms with van der Waals surface area (Å²) in [7, 11) is 0. The minimum absolute atomic E-state index is 0.211.